The van der Waals surface area contributed by atoms with E-state index in [1.54, 1.807) is 47.5 Å². The van der Waals surface area contributed by atoms with Crippen LogP contribution in [0.1, 0.15) is 37.3 Å². The van der Waals surface area contributed by atoms with Crippen molar-refractivity contribution < 1.29 is 24.2 Å². The molecule has 5 heterocycles. The van der Waals surface area contributed by atoms with E-state index >= 15 is 4.79 Å². The smallest absolute Gasteiger partial charge is 0.279 e. The number of carbonyl (C=O) groups excluding carboxylic acids is 2. The van der Waals surface area contributed by atoms with E-state index in [0.29, 0.717) is 45.3 Å². The van der Waals surface area contributed by atoms with E-state index in [-0.39, 0.29) is 54.1 Å². The van der Waals surface area contributed by atoms with Gasteiger partial charge in [-0.2, -0.15) is 19.6 Å². The van der Waals surface area contributed by atoms with E-state index in [2.05, 4.69) is 42.3 Å². The number of aliphatic hydroxyl groups excluding tert-OH is 1. The molecule has 7 aromatic rings. The topological polar surface area (TPSA) is 149 Å². The summed E-state index contributed by atoms with van der Waals surface area (Å²) in [4.78, 5) is 61.5. The molecule has 3 aliphatic rings. The lowest BCUT2D eigenvalue weighted by atomic mass is 9.82. The molecule has 330 valence electrons. The molecular formula is C51H50N6O7Si. The first-order valence-corrected chi connectivity index (χ1v) is 25.3. The quantitative estimate of drug-likeness (QED) is 0.158. The monoisotopic (exact) mass is 886 g/mol. The molecule has 65 heavy (non-hydrogen) atoms. The van der Waals surface area contributed by atoms with Crippen LogP contribution in [0.25, 0.3) is 32.9 Å². The summed E-state index contributed by atoms with van der Waals surface area (Å²) in [7, 11) is -1.01. The minimum atomic E-state index is -2.65. The number of carbonyl (C=O) groups is 2. The van der Waals surface area contributed by atoms with Crippen LogP contribution in [0.15, 0.2) is 137 Å². The molecule has 13 nitrogen and oxygen atoms in total. The van der Waals surface area contributed by atoms with Gasteiger partial charge in [0.15, 0.2) is 5.60 Å². The first-order chi connectivity index (χ1) is 31.4. The zero-order valence-corrected chi connectivity index (χ0v) is 37.8. The molecule has 0 bridgehead atoms. The summed E-state index contributed by atoms with van der Waals surface area (Å²) in [5.41, 5.74) is 0.617. The Labute approximate surface area is 376 Å². The van der Waals surface area contributed by atoms with Crippen molar-refractivity contribution in [2.45, 2.75) is 69.1 Å². The maximum atomic E-state index is 15.8. The van der Waals surface area contributed by atoms with Crippen molar-refractivity contribution in [3.8, 4) is 17.1 Å². The first kappa shape index (κ1) is 42.2. The lowest BCUT2D eigenvalue weighted by Gasteiger charge is -2.37. The Morgan fingerprint density at radius 1 is 0.831 bits per heavy atom. The summed E-state index contributed by atoms with van der Waals surface area (Å²) in [6, 6.07) is 35.4. The molecular weight excluding hydrogens is 837 g/mol. The van der Waals surface area contributed by atoms with Crippen molar-refractivity contribution in [3.63, 3.8) is 0 Å². The van der Waals surface area contributed by atoms with Crippen LogP contribution in [0, 0.1) is 5.92 Å². The summed E-state index contributed by atoms with van der Waals surface area (Å²) < 4.78 is 15.6. The zero-order chi connectivity index (χ0) is 45.2. The van der Waals surface area contributed by atoms with E-state index in [9.17, 15) is 19.5 Å². The van der Waals surface area contributed by atoms with Gasteiger partial charge in [-0.1, -0.05) is 85.9 Å². The number of ether oxygens (including phenoxy) is 2. The van der Waals surface area contributed by atoms with Crippen LogP contribution in [-0.4, -0.2) is 81.9 Å². The van der Waals surface area contributed by atoms with Crippen LogP contribution >= 0.6 is 0 Å². The standard InChI is InChI=1S/C51H50N6O7Si/c1-32-47(65(3,4)40-21-19-39(63-2)20-22-40)45(27-46(59)54-24-10-15-38(54)31-58)64-51(32)43-26-37(57-49(61)42-17-8-6-13-35(42)29-53-57)18-23-44(43)55(50(51)62)30-33-11-9-14-36(25-33)56-48(60)41-16-7-5-12-34(41)28-52-56/h5-9,11-14,16-23,25-26,28-29,32,38,45,47,58H,10,15,24,27,30-31H2,1-4H3/t32-,38-,45+,47-,51+/m0/s1. The number of aromatic nitrogens is 4. The Hall–Kier alpha value is -6.74. The molecule has 14 heteroatoms. The molecule has 1 spiro atoms. The summed E-state index contributed by atoms with van der Waals surface area (Å²) in [6.45, 7) is 7.16. The number of likely N-dealkylation sites (tertiary alicyclic amines) is 1. The van der Waals surface area contributed by atoms with Gasteiger partial charge in [-0.15, -0.1) is 0 Å². The average Bonchev–Trinajstić information content (AvgIpc) is 3.99. The third-order valence-electron chi connectivity index (χ3n) is 14.2. The van der Waals surface area contributed by atoms with Crippen LogP contribution in [-0.2, 0) is 26.5 Å². The maximum Gasteiger partial charge on any atom is 0.279 e. The molecule has 2 fully saturated rings. The molecule has 1 N–H and O–H groups in total. The molecule has 0 aliphatic carbocycles. The highest BCUT2D eigenvalue weighted by Gasteiger charge is 2.66. The summed E-state index contributed by atoms with van der Waals surface area (Å²) in [5, 5.41) is 22.9. The lowest BCUT2D eigenvalue weighted by molar-refractivity contribution is -0.150. The third kappa shape index (κ3) is 6.89. The fourth-order valence-electron chi connectivity index (χ4n) is 11.0. The van der Waals surface area contributed by atoms with Crippen molar-refractivity contribution in [2.24, 2.45) is 5.92 Å². The SMILES string of the molecule is COc1ccc([Si](C)(C)[C@@H]2[C@@H](CC(=O)N3CCC[C@H]3CO)O[C@]3(C(=O)N(Cc4cccc(-n5ncc6ccccc6c5=O)c4)c4ccc(-n5ncc6ccccc6c5=O)cc43)[C@H]2C)cc1. The number of aliphatic hydroxyl groups is 1. The number of amides is 2. The van der Waals surface area contributed by atoms with Gasteiger partial charge < -0.3 is 24.4 Å². The Bertz CT molecular complexity index is 3130. The van der Waals surface area contributed by atoms with Crippen LogP contribution in [0.5, 0.6) is 5.75 Å². The minimum absolute atomic E-state index is 0.0311. The molecule has 5 atom stereocenters. The lowest BCUT2D eigenvalue weighted by Crippen LogP contribution is -2.52. The van der Waals surface area contributed by atoms with Gasteiger partial charge in [-0.3, -0.25) is 19.2 Å². The molecule has 2 aromatic heterocycles. The highest BCUT2D eigenvalue weighted by Crippen LogP contribution is 2.60. The number of hydrogen-bond donors (Lipinski definition) is 1. The normalized spacial score (nSPS) is 21.8. The van der Waals surface area contributed by atoms with E-state index in [0.717, 1.165) is 34.7 Å². The van der Waals surface area contributed by atoms with Crippen LogP contribution in [0.4, 0.5) is 5.69 Å². The minimum Gasteiger partial charge on any atom is -0.497 e. The van der Waals surface area contributed by atoms with E-state index in [4.69, 9.17) is 9.47 Å². The van der Waals surface area contributed by atoms with Gasteiger partial charge in [-0.25, -0.2) is 0 Å². The molecule has 2 saturated heterocycles. The van der Waals surface area contributed by atoms with Gasteiger partial charge in [-0.05, 0) is 78.5 Å². The van der Waals surface area contributed by atoms with Crippen molar-refractivity contribution in [1.82, 2.24) is 24.5 Å². The highest BCUT2D eigenvalue weighted by atomic mass is 28.3. The molecule has 3 aliphatic heterocycles. The Morgan fingerprint density at radius 2 is 1.48 bits per heavy atom. The molecule has 10 rings (SSSR count). The van der Waals surface area contributed by atoms with Gasteiger partial charge in [0.05, 0.1) is 87.1 Å². The van der Waals surface area contributed by atoms with Gasteiger partial charge in [0.25, 0.3) is 17.0 Å². The summed E-state index contributed by atoms with van der Waals surface area (Å²) in [6.07, 6.45) is 4.22. The number of anilines is 1. The second kappa shape index (κ2) is 16.4. The van der Waals surface area contributed by atoms with Crippen molar-refractivity contribution in [3.05, 3.63) is 159 Å². The van der Waals surface area contributed by atoms with Crippen LogP contribution in [0.3, 0.4) is 0 Å². The summed E-state index contributed by atoms with van der Waals surface area (Å²) in [5.74, 6) is -0.114. The van der Waals surface area contributed by atoms with E-state index in [1.807, 2.05) is 84.9 Å². The number of rotatable bonds is 10. The number of fused-ring (bicyclic) bond motifs is 4. The van der Waals surface area contributed by atoms with Crippen molar-refractivity contribution in [1.29, 1.82) is 0 Å². The van der Waals surface area contributed by atoms with Gasteiger partial charge in [0.1, 0.15) is 5.75 Å². The molecule has 5 aromatic carbocycles. The van der Waals surface area contributed by atoms with E-state index in [1.165, 1.54) is 9.36 Å². The molecule has 0 radical (unpaired) electrons. The fourth-order valence-corrected chi connectivity index (χ4v) is 15.0. The number of benzene rings is 5. The van der Waals surface area contributed by atoms with Crippen LogP contribution < -0.4 is 25.9 Å². The van der Waals surface area contributed by atoms with Crippen molar-refractivity contribution >= 4 is 52.3 Å². The second-order valence-electron chi connectivity index (χ2n) is 18.1. The Morgan fingerprint density at radius 3 is 2.12 bits per heavy atom. The predicted octanol–water partition coefficient (Wildman–Crippen LogP) is 6.23. The molecule has 2 amide bonds. The zero-order valence-electron chi connectivity index (χ0n) is 36.8. The van der Waals surface area contributed by atoms with E-state index < -0.39 is 25.7 Å². The largest absolute Gasteiger partial charge is 0.497 e. The van der Waals surface area contributed by atoms with Gasteiger partial charge in [0, 0.05) is 28.8 Å². The van der Waals surface area contributed by atoms with Gasteiger partial charge >= 0.3 is 0 Å². The fraction of sp³-hybridized carbons (Fsp3) is 0.294. The van der Waals surface area contributed by atoms with Gasteiger partial charge in [0.2, 0.25) is 5.91 Å². The molecule has 0 unspecified atom stereocenters. The number of nitrogens with zero attached hydrogens (tertiary/aromatic N) is 6. The second-order valence-corrected chi connectivity index (χ2v) is 22.8. The first-order valence-electron chi connectivity index (χ1n) is 22.2. The third-order valence-corrected chi connectivity index (χ3v) is 18.6. The Balaban J connectivity index is 1.11. The summed E-state index contributed by atoms with van der Waals surface area (Å²) >= 11 is 0. The molecule has 0 saturated carbocycles. The maximum absolute atomic E-state index is 15.8. The highest BCUT2D eigenvalue weighted by molar-refractivity contribution is 6.91. The van der Waals surface area contributed by atoms with Crippen LogP contribution in [0.2, 0.25) is 18.6 Å². The average molecular weight is 887 g/mol. The Kier molecular flexibility index (Phi) is 10.6. The van der Waals surface area contributed by atoms with Crippen molar-refractivity contribution in [2.75, 3.05) is 25.2 Å². The predicted molar refractivity (Wildman–Crippen MR) is 252 cm³/mol. The number of methoxy groups -OCH3 is 1. The number of hydrogen-bond acceptors (Lipinski definition) is 9.